The van der Waals surface area contributed by atoms with Crippen LogP contribution >= 0.6 is 0 Å². The first kappa shape index (κ1) is 12.6. The van der Waals surface area contributed by atoms with Crippen molar-refractivity contribution in [1.29, 1.82) is 0 Å². The normalized spacial score (nSPS) is 28.2. The van der Waals surface area contributed by atoms with E-state index in [0.717, 1.165) is 37.7 Å². The zero-order valence-corrected chi connectivity index (χ0v) is 11.3. The summed E-state index contributed by atoms with van der Waals surface area (Å²) < 4.78 is 5.63. The van der Waals surface area contributed by atoms with E-state index >= 15 is 0 Å². The highest BCUT2D eigenvalue weighted by molar-refractivity contribution is 4.99. The summed E-state index contributed by atoms with van der Waals surface area (Å²) >= 11 is 0. The number of hydrogen-bond donors (Lipinski definition) is 1. The first-order valence-corrected chi connectivity index (χ1v) is 6.45. The number of aryl methyl sites for hydroxylation is 1. The van der Waals surface area contributed by atoms with Crippen molar-refractivity contribution >= 4 is 0 Å². The number of piperazine rings is 1. The Kier molecular flexibility index (Phi) is 3.54. The van der Waals surface area contributed by atoms with Gasteiger partial charge in [0, 0.05) is 25.2 Å². The second kappa shape index (κ2) is 4.78. The Morgan fingerprint density at radius 3 is 3.00 bits per heavy atom. The summed E-state index contributed by atoms with van der Waals surface area (Å²) in [6, 6.07) is 0.261. The van der Waals surface area contributed by atoms with Gasteiger partial charge in [0.25, 0.3) is 0 Å². The lowest BCUT2D eigenvalue weighted by atomic mass is 9.95. The SMILES string of the molecule is CCC1(C)CN(C(C)c2ncc(C)o2)CCN1. The maximum absolute atomic E-state index is 5.63. The third-order valence-corrected chi connectivity index (χ3v) is 3.83. The molecule has 1 N–H and O–H groups in total. The Morgan fingerprint density at radius 2 is 2.41 bits per heavy atom. The molecule has 17 heavy (non-hydrogen) atoms. The van der Waals surface area contributed by atoms with Gasteiger partial charge in [-0.3, -0.25) is 4.90 Å². The molecule has 2 heterocycles. The fourth-order valence-corrected chi connectivity index (χ4v) is 2.37. The molecule has 1 aliphatic rings. The molecule has 96 valence electrons. The van der Waals surface area contributed by atoms with Gasteiger partial charge in [0.2, 0.25) is 5.89 Å². The number of rotatable bonds is 3. The van der Waals surface area contributed by atoms with Crippen LogP contribution in [0.5, 0.6) is 0 Å². The van der Waals surface area contributed by atoms with Crippen molar-refractivity contribution in [2.45, 2.75) is 45.7 Å². The second-order valence-electron chi connectivity index (χ2n) is 5.30. The summed E-state index contributed by atoms with van der Waals surface area (Å²) in [6.45, 7) is 11.8. The lowest BCUT2D eigenvalue weighted by Gasteiger charge is -2.42. The molecule has 0 amide bonds. The van der Waals surface area contributed by atoms with Crippen LogP contribution in [0.25, 0.3) is 0 Å². The van der Waals surface area contributed by atoms with E-state index in [1.54, 1.807) is 6.20 Å². The third-order valence-electron chi connectivity index (χ3n) is 3.83. The summed E-state index contributed by atoms with van der Waals surface area (Å²) in [5, 5.41) is 3.59. The Hall–Kier alpha value is -0.870. The maximum atomic E-state index is 5.63. The lowest BCUT2D eigenvalue weighted by Crippen LogP contribution is -2.58. The first-order valence-electron chi connectivity index (χ1n) is 6.45. The molecular formula is C13H23N3O. The van der Waals surface area contributed by atoms with Gasteiger partial charge in [0.1, 0.15) is 5.76 Å². The minimum Gasteiger partial charge on any atom is -0.444 e. The van der Waals surface area contributed by atoms with Crippen LogP contribution in [-0.4, -0.2) is 35.1 Å². The summed E-state index contributed by atoms with van der Waals surface area (Å²) in [4.78, 5) is 6.79. The second-order valence-corrected chi connectivity index (χ2v) is 5.30. The number of oxazole rings is 1. The molecule has 1 saturated heterocycles. The molecule has 0 aliphatic carbocycles. The Morgan fingerprint density at radius 1 is 1.65 bits per heavy atom. The summed E-state index contributed by atoms with van der Waals surface area (Å²) in [5.41, 5.74) is 0.216. The fraction of sp³-hybridized carbons (Fsp3) is 0.769. The first-order chi connectivity index (χ1) is 8.04. The minimum absolute atomic E-state index is 0.216. The van der Waals surface area contributed by atoms with Crippen LogP contribution in [-0.2, 0) is 0 Å². The van der Waals surface area contributed by atoms with Crippen LogP contribution in [0.4, 0.5) is 0 Å². The minimum atomic E-state index is 0.216. The molecule has 1 aromatic rings. The molecular weight excluding hydrogens is 214 g/mol. The maximum Gasteiger partial charge on any atom is 0.211 e. The standard InChI is InChI=1S/C13H23N3O/c1-5-13(4)9-16(7-6-15-13)11(3)12-14-8-10(2)17-12/h8,11,15H,5-7,9H2,1-4H3. The van der Waals surface area contributed by atoms with Crippen LogP contribution in [0.15, 0.2) is 10.6 Å². The monoisotopic (exact) mass is 237 g/mol. The molecule has 1 fully saturated rings. The number of aromatic nitrogens is 1. The van der Waals surface area contributed by atoms with Crippen molar-refractivity contribution in [2.75, 3.05) is 19.6 Å². The van der Waals surface area contributed by atoms with Crippen LogP contribution in [0, 0.1) is 6.92 Å². The molecule has 0 spiro atoms. The van der Waals surface area contributed by atoms with E-state index in [0.29, 0.717) is 0 Å². The summed E-state index contributed by atoms with van der Waals surface area (Å²) in [7, 11) is 0. The molecule has 1 aliphatic heterocycles. The van der Waals surface area contributed by atoms with E-state index in [-0.39, 0.29) is 11.6 Å². The van der Waals surface area contributed by atoms with E-state index in [4.69, 9.17) is 4.42 Å². The van der Waals surface area contributed by atoms with Gasteiger partial charge >= 0.3 is 0 Å². The van der Waals surface area contributed by atoms with E-state index in [1.807, 2.05) is 6.92 Å². The molecule has 0 aromatic carbocycles. The van der Waals surface area contributed by atoms with Gasteiger partial charge in [-0.15, -0.1) is 0 Å². The van der Waals surface area contributed by atoms with Crippen LogP contribution < -0.4 is 5.32 Å². The van der Waals surface area contributed by atoms with Crippen molar-refractivity contribution < 1.29 is 4.42 Å². The van der Waals surface area contributed by atoms with E-state index in [2.05, 4.69) is 36.0 Å². The Bertz CT molecular complexity index is 376. The van der Waals surface area contributed by atoms with Gasteiger partial charge in [-0.25, -0.2) is 4.98 Å². The fourth-order valence-electron chi connectivity index (χ4n) is 2.37. The zero-order chi connectivity index (χ0) is 12.5. The Balaban J connectivity index is 2.07. The van der Waals surface area contributed by atoms with Crippen LogP contribution in [0.2, 0.25) is 0 Å². The molecule has 2 rings (SSSR count). The van der Waals surface area contributed by atoms with Gasteiger partial charge < -0.3 is 9.73 Å². The zero-order valence-electron chi connectivity index (χ0n) is 11.3. The van der Waals surface area contributed by atoms with Gasteiger partial charge in [-0.1, -0.05) is 6.92 Å². The van der Waals surface area contributed by atoms with E-state index in [1.165, 1.54) is 0 Å². The van der Waals surface area contributed by atoms with Gasteiger partial charge in [0.15, 0.2) is 0 Å². The van der Waals surface area contributed by atoms with Crippen molar-refractivity contribution in [1.82, 2.24) is 15.2 Å². The molecule has 0 radical (unpaired) electrons. The van der Waals surface area contributed by atoms with Crippen LogP contribution in [0.1, 0.15) is 44.9 Å². The lowest BCUT2D eigenvalue weighted by molar-refractivity contribution is 0.0921. The van der Waals surface area contributed by atoms with Crippen molar-refractivity contribution in [3.8, 4) is 0 Å². The largest absolute Gasteiger partial charge is 0.444 e. The molecule has 2 atom stereocenters. The summed E-state index contributed by atoms with van der Waals surface area (Å²) in [5.74, 6) is 1.73. The van der Waals surface area contributed by atoms with E-state index in [9.17, 15) is 0 Å². The molecule has 0 saturated carbocycles. The molecule has 1 aromatic heterocycles. The van der Waals surface area contributed by atoms with Crippen molar-refractivity contribution in [3.63, 3.8) is 0 Å². The topological polar surface area (TPSA) is 41.3 Å². The van der Waals surface area contributed by atoms with Gasteiger partial charge in [-0.05, 0) is 27.2 Å². The molecule has 4 nitrogen and oxygen atoms in total. The van der Waals surface area contributed by atoms with Crippen LogP contribution in [0.3, 0.4) is 0 Å². The molecule has 4 heteroatoms. The predicted molar refractivity (Wildman–Crippen MR) is 67.9 cm³/mol. The van der Waals surface area contributed by atoms with Crippen molar-refractivity contribution in [2.24, 2.45) is 0 Å². The number of hydrogen-bond acceptors (Lipinski definition) is 4. The highest BCUT2D eigenvalue weighted by Crippen LogP contribution is 2.25. The van der Waals surface area contributed by atoms with Crippen molar-refractivity contribution in [3.05, 3.63) is 17.8 Å². The highest BCUT2D eigenvalue weighted by atomic mass is 16.4. The number of nitrogens with zero attached hydrogens (tertiary/aromatic N) is 2. The van der Waals surface area contributed by atoms with Gasteiger partial charge in [0.05, 0.1) is 12.2 Å². The molecule has 2 unspecified atom stereocenters. The average molecular weight is 237 g/mol. The third kappa shape index (κ3) is 2.69. The molecule has 0 bridgehead atoms. The average Bonchev–Trinajstić information content (AvgIpc) is 2.75. The number of nitrogens with one attached hydrogen (secondary N) is 1. The highest BCUT2D eigenvalue weighted by Gasteiger charge is 2.32. The Labute approximate surface area is 103 Å². The van der Waals surface area contributed by atoms with Gasteiger partial charge in [-0.2, -0.15) is 0 Å². The predicted octanol–water partition coefficient (Wildman–Crippen LogP) is 2.12. The summed E-state index contributed by atoms with van der Waals surface area (Å²) in [6.07, 6.45) is 2.94. The quantitative estimate of drug-likeness (QED) is 0.874. The van der Waals surface area contributed by atoms with E-state index < -0.39 is 0 Å². The smallest absolute Gasteiger partial charge is 0.211 e.